The van der Waals surface area contributed by atoms with Crippen molar-refractivity contribution >= 4 is 35.4 Å². The number of aliphatic carboxylic acids is 1. The fraction of sp³-hybridized carbons (Fsp3) is 0.385. The molecule has 1 aromatic carbocycles. The van der Waals surface area contributed by atoms with Crippen molar-refractivity contribution in [3.8, 4) is 0 Å². The monoisotopic (exact) mass is 314 g/mol. The lowest BCUT2D eigenvalue weighted by molar-refractivity contribution is -0.140. The Labute approximate surface area is 126 Å². The van der Waals surface area contributed by atoms with Gasteiger partial charge in [0.2, 0.25) is 0 Å². The van der Waals surface area contributed by atoms with Crippen LogP contribution in [-0.2, 0) is 4.79 Å². The van der Waals surface area contributed by atoms with Crippen molar-refractivity contribution in [3.05, 3.63) is 34.9 Å². The Kier molecular flexibility index (Phi) is 4.77. The van der Waals surface area contributed by atoms with Gasteiger partial charge in [-0.2, -0.15) is 0 Å². The topological polar surface area (TPSA) is 69.6 Å². The molecule has 1 fully saturated rings. The summed E-state index contributed by atoms with van der Waals surface area (Å²) in [5.74, 6) is -0.170. The minimum absolute atomic E-state index is 0.281. The molecule has 2 N–H and O–H groups in total. The fourth-order valence-corrected chi connectivity index (χ4v) is 3.46. The highest BCUT2D eigenvalue weighted by Crippen LogP contribution is 2.24. The van der Waals surface area contributed by atoms with Gasteiger partial charge in [-0.3, -0.25) is 0 Å². The summed E-state index contributed by atoms with van der Waals surface area (Å²) in [4.78, 5) is 24.6. The molecular weight excluding hydrogens is 300 g/mol. The summed E-state index contributed by atoms with van der Waals surface area (Å²) >= 11 is 7.51. The third kappa shape index (κ3) is 3.19. The van der Waals surface area contributed by atoms with Crippen molar-refractivity contribution < 1.29 is 14.7 Å². The number of thioether (sulfide) groups is 1. The Morgan fingerprint density at radius 1 is 1.50 bits per heavy atom. The van der Waals surface area contributed by atoms with Gasteiger partial charge in [-0.25, -0.2) is 9.59 Å². The third-order valence-electron chi connectivity index (χ3n) is 3.14. The highest BCUT2D eigenvalue weighted by molar-refractivity contribution is 7.99. The summed E-state index contributed by atoms with van der Waals surface area (Å²) in [7, 11) is 0. The first-order valence-corrected chi connectivity index (χ1v) is 7.66. The molecule has 1 aliphatic heterocycles. The molecule has 1 aliphatic rings. The molecule has 2 amide bonds. The van der Waals surface area contributed by atoms with Crippen molar-refractivity contribution in [3.63, 3.8) is 0 Å². The number of carbonyl (C=O) groups excluding carboxylic acids is 1. The lowest BCUT2D eigenvalue weighted by Crippen LogP contribution is -2.47. The number of carbonyl (C=O) groups is 2. The molecule has 0 aliphatic carbocycles. The Bertz CT molecular complexity index is 526. The van der Waals surface area contributed by atoms with E-state index in [9.17, 15) is 9.59 Å². The van der Waals surface area contributed by atoms with Gasteiger partial charge in [0.15, 0.2) is 0 Å². The van der Waals surface area contributed by atoms with Crippen molar-refractivity contribution in [2.75, 3.05) is 11.6 Å². The number of rotatable bonds is 3. The van der Waals surface area contributed by atoms with Gasteiger partial charge in [-0.15, -0.1) is 11.8 Å². The van der Waals surface area contributed by atoms with Gasteiger partial charge >= 0.3 is 12.0 Å². The Morgan fingerprint density at radius 2 is 2.20 bits per heavy atom. The van der Waals surface area contributed by atoms with Crippen LogP contribution in [0.1, 0.15) is 18.5 Å². The SMILES string of the molecule is CC(NC(=O)N1CSCC1C(=O)O)c1ccccc1Cl. The summed E-state index contributed by atoms with van der Waals surface area (Å²) in [5.41, 5.74) is 0.807. The highest BCUT2D eigenvalue weighted by atomic mass is 35.5. The summed E-state index contributed by atoms with van der Waals surface area (Å²) in [6.07, 6.45) is 0. The van der Waals surface area contributed by atoms with Gasteiger partial charge in [0.05, 0.1) is 11.9 Å². The molecule has 2 rings (SSSR count). The number of amides is 2. The van der Waals surface area contributed by atoms with Crippen LogP contribution in [0.2, 0.25) is 5.02 Å². The molecule has 1 saturated heterocycles. The van der Waals surface area contributed by atoms with E-state index in [-0.39, 0.29) is 12.1 Å². The average molecular weight is 315 g/mol. The zero-order valence-corrected chi connectivity index (χ0v) is 12.4. The Morgan fingerprint density at radius 3 is 2.85 bits per heavy atom. The van der Waals surface area contributed by atoms with Crippen molar-refractivity contribution in [1.29, 1.82) is 0 Å². The van der Waals surface area contributed by atoms with Crippen LogP contribution in [0.15, 0.2) is 24.3 Å². The number of hydrogen-bond acceptors (Lipinski definition) is 3. The zero-order chi connectivity index (χ0) is 14.7. The molecule has 7 heteroatoms. The van der Waals surface area contributed by atoms with Crippen LogP contribution in [0, 0.1) is 0 Å². The van der Waals surface area contributed by atoms with Crippen LogP contribution in [-0.4, -0.2) is 39.7 Å². The summed E-state index contributed by atoms with van der Waals surface area (Å²) in [5, 5.41) is 12.4. The predicted molar refractivity (Wildman–Crippen MR) is 79.0 cm³/mol. The number of urea groups is 1. The second-order valence-electron chi connectivity index (χ2n) is 4.52. The van der Waals surface area contributed by atoms with E-state index in [2.05, 4.69) is 5.32 Å². The fourth-order valence-electron chi connectivity index (χ4n) is 2.02. The quantitative estimate of drug-likeness (QED) is 0.899. The van der Waals surface area contributed by atoms with Gasteiger partial charge in [-0.1, -0.05) is 29.8 Å². The molecule has 0 radical (unpaired) electrons. The third-order valence-corrected chi connectivity index (χ3v) is 4.50. The smallest absolute Gasteiger partial charge is 0.327 e. The van der Waals surface area contributed by atoms with Gasteiger partial charge in [0.25, 0.3) is 0 Å². The van der Waals surface area contributed by atoms with E-state index in [0.717, 1.165) is 5.56 Å². The van der Waals surface area contributed by atoms with Crippen molar-refractivity contribution in [1.82, 2.24) is 10.2 Å². The van der Waals surface area contributed by atoms with Crippen molar-refractivity contribution in [2.45, 2.75) is 19.0 Å². The van der Waals surface area contributed by atoms with E-state index in [4.69, 9.17) is 16.7 Å². The molecule has 0 bridgehead atoms. The van der Waals surface area contributed by atoms with E-state index >= 15 is 0 Å². The molecule has 108 valence electrons. The van der Waals surface area contributed by atoms with E-state index in [1.54, 1.807) is 6.07 Å². The second-order valence-corrected chi connectivity index (χ2v) is 5.92. The molecule has 0 spiro atoms. The zero-order valence-electron chi connectivity index (χ0n) is 10.9. The normalized spacial score (nSPS) is 19.7. The second kappa shape index (κ2) is 6.37. The first-order valence-electron chi connectivity index (χ1n) is 6.13. The minimum atomic E-state index is -0.976. The average Bonchev–Trinajstić information content (AvgIpc) is 2.88. The van der Waals surface area contributed by atoms with Crippen LogP contribution in [0.3, 0.4) is 0 Å². The molecule has 1 heterocycles. The molecule has 0 saturated carbocycles. The molecule has 1 aromatic rings. The van der Waals surface area contributed by atoms with Gasteiger partial charge in [0, 0.05) is 10.8 Å². The molecule has 0 aromatic heterocycles. The number of carboxylic acids is 1. The van der Waals surface area contributed by atoms with Crippen LogP contribution >= 0.6 is 23.4 Å². The number of nitrogens with zero attached hydrogens (tertiary/aromatic N) is 1. The van der Waals surface area contributed by atoms with Crippen molar-refractivity contribution in [2.24, 2.45) is 0 Å². The summed E-state index contributed by atoms with van der Waals surface area (Å²) in [6, 6.07) is 5.82. The molecule has 2 unspecified atom stereocenters. The number of hydrogen-bond donors (Lipinski definition) is 2. The van der Waals surface area contributed by atoms with E-state index < -0.39 is 12.0 Å². The Hall–Kier alpha value is -1.40. The van der Waals surface area contributed by atoms with Crippen LogP contribution in [0.25, 0.3) is 0 Å². The summed E-state index contributed by atoms with van der Waals surface area (Å²) in [6.45, 7) is 1.82. The van der Waals surface area contributed by atoms with Crippen LogP contribution < -0.4 is 5.32 Å². The maximum absolute atomic E-state index is 12.2. The number of nitrogens with one attached hydrogen (secondary N) is 1. The minimum Gasteiger partial charge on any atom is -0.480 e. The lowest BCUT2D eigenvalue weighted by atomic mass is 10.1. The van der Waals surface area contributed by atoms with Gasteiger partial charge in [-0.05, 0) is 18.6 Å². The maximum atomic E-state index is 12.2. The first-order chi connectivity index (χ1) is 9.50. The van der Waals surface area contributed by atoms with Crippen LogP contribution in [0.4, 0.5) is 4.79 Å². The molecule has 5 nitrogen and oxygen atoms in total. The Balaban J connectivity index is 2.04. The lowest BCUT2D eigenvalue weighted by Gasteiger charge is -2.24. The van der Waals surface area contributed by atoms with E-state index in [0.29, 0.717) is 16.7 Å². The molecular formula is C13H15ClN2O3S. The van der Waals surface area contributed by atoms with Gasteiger partial charge < -0.3 is 15.3 Å². The maximum Gasteiger partial charge on any atom is 0.327 e. The number of carboxylic acid groups (broad SMARTS) is 1. The van der Waals surface area contributed by atoms with E-state index in [1.165, 1.54) is 16.7 Å². The first kappa shape index (κ1) is 15.0. The number of benzene rings is 1. The largest absolute Gasteiger partial charge is 0.480 e. The number of halogens is 1. The molecule has 20 heavy (non-hydrogen) atoms. The highest BCUT2D eigenvalue weighted by Gasteiger charge is 2.35. The predicted octanol–water partition coefficient (Wildman–Crippen LogP) is 2.57. The molecule has 2 atom stereocenters. The van der Waals surface area contributed by atoms with Crippen LogP contribution in [0.5, 0.6) is 0 Å². The standard InChI is InChI=1S/C13H15ClN2O3S/c1-8(9-4-2-3-5-10(9)14)15-13(19)16-7-20-6-11(16)12(17)18/h2-5,8,11H,6-7H2,1H3,(H,15,19)(H,17,18). The summed E-state index contributed by atoms with van der Waals surface area (Å²) < 4.78 is 0. The van der Waals surface area contributed by atoms with Gasteiger partial charge in [0.1, 0.15) is 6.04 Å². The van der Waals surface area contributed by atoms with E-state index in [1.807, 2.05) is 25.1 Å².